The first-order valence-corrected chi connectivity index (χ1v) is 6.86. The number of carboxylic acids is 1. The van der Waals surface area contributed by atoms with Gasteiger partial charge in [0.05, 0.1) is 0 Å². The average molecular weight is 285 g/mol. The highest BCUT2D eigenvalue weighted by Crippen LogP contribution is 2.18. The van der Waals surface area contributed by atoms with Gasteiger partial charge in [-0.15, -0.1) is 0 Å². The fourth-order valence-electron chi connectivity index (χ4n) is 2.24. The molecule has 0 aromatic heterocycles. The van der Waals surface area contributed by atoms with Crippen molar-refractivity contribution in [3.8, 4) is 0 Å². The predicted molar refractivity (Wildman–Crippen MR) is 73.2 cm³/mol. The molecule has 1 rings (SSSR count). The van der Waals surface area contributed by atoms with Crippen molar-refractivity contribution in [2.75, 3.05) is 27.2 Å². The van der Waals surface area contributed by atoms with E-state index in [1.54, 1.807) is 25.9 Å². The van der Waals surface area contributed by atoms with Crippen LogP contribution in [0.1, 0.15) is 26.2 Å². The smallest absolute Gasteiger partial charge is 0.326 e. The predicted octanol–water partition coefficient (Wildman–Crippen LogP) is 0.359. The molecule has 1 saturated heterocycles. The molecule has 7 nitrogen and oxygen atoms in total. The standard InChI is InChI=1S/C13H23N3O4/c1-4-10(12(18)19)14-11(17)9-5-7-16(8-6-9)13(20)15(2)3/h9-10H,4-8H2,1-3H3,(H,14,17)(H,18,19)/t10-/m0/s1. The van der Waals surface area contributed by atoms with Gasteiger partial charge in [-0.1, -0.05) is 6.92 Å². The summed E-state index contributed by atoms with van der Waals surface area (Å²) in [5.41, 5.74) is 0. The third kappa shape index (κ3) is 4.11. The Kier molecular flexibility index (Phi) is 5.79. The zero-order valence-corrected chi connectivity index (χ0v) is 12.3. The summed E-state index contributed by atoms with van der Waals surface area (Å²) >= 11 is 0. The molecule has 0 bridgehead atoms. The zero-order chi connectivity index (χ0) is 15.3. The molecule has 0 aliphatic carbocycles. The Bertz CT molecular complexity index is 376. The number of nitrogens with one attached hydrogen (secondary N) is 1. The molecule has 0 unspecified atom stereocenters. The molecule has 7 heteroatoms. The van der Waals surface area contributed by atoms with E-state index in [9.17, 15) is 14.4 Å². The second kappa shape index (κ2) is 7.12. The molecular formula is C13H23N3O4. The molecule has 20 heavy (non-hydrogen) atoms. The molecule has 0 spiro atoms. The van der Waals surface area contributed by atoms with Crippen LogP contribution in [0.2, 0.25) is 0 Å². The molecule has 0 aromatic carbocycles. The Balaban J connectivity index is 2.47. The van der Waals surface area contributed by atoms with E-state index >= 15 is 0 Å². The Hall–Kier alpha value is -1.79. The van der Waals surface area contributed by atoms with Gasteiger partial charge in [-0.3, -0.25) is 4.79 Å². The monoisotopic (exact) mass is 285 g/mol. The van der Waals surface area contributed by atoms with Crippen LogP contribution >= 0.6 is 0 Å². The molecular weight excluding hydrogens is 262 g/mol. The van der Waals surface area contributed by atoms with Gasteiger partial charge in [0.15, 0.2) is 0 Å². The van der Waals surface area contributed by atoms with Crippen molar-refractivity contribution in [3.05, 3.63) is 0 Å². The number of aliphatic carboxylic acids is 1. The maximum atomic E-state index is 12.0. The minimum atomic E-state index is -1.01. The molecule has 3 amide bonds. The summed E-state index contributed by atoms with van der Waals surface area (Å²) < 4.78 is 0. The van der Waals surface area contributed by atoms with E-state index in [0.717, 1.165) is 0 Å². The van der Waals surface area contributed by atoms with Gasteiger partial charge in [-0.2, -0.15) is 0 Å². The third-order valence-electron chi connectivity index (χ3n) is 3.54. The van der Waals surface area contributed by atoms with Crippen LogP contribution < -0.4 is 5.32 Å². The number of carbonyl (C=O) groups is 3. The van der Waals surface area contributed by atoms with Gasteiger partial charge in [-0.25, -0.2) is 9.59 Å². The number of piperidine rings is 1. The molecule has 1 atom stereocenters. The maximum Gasteiger partial charge on any atom is 0.326 e. The quantitative estimate of drug-likeness (QED) is 0.780. The van der Waals surface area contributed by atoms with Crippen LogP contribution in [0.5, 0.6) is 0 Å². The van der Waals surface area contributed by atoms with E-state index in [1.807, 2.05) is 0 Å². The number of hydrogen-bond acceptors (Lipinski definition) is 3. The summed E-state index contributed by atoms with van der Waals surface area (Å²) in [6, 6.07) is -0.884. The second-order valence-corrected chi connectivity index (χ2v) is 5.25. The Morgan fingerprint density at radius 2 is 1.85 bits per heavy atom. The van der Waals surface area contributed by atoms with Crippen LogP contribution in [0.4, 0.5) is 4.79 Å². The second-order valence-electron chi connectivity index (χ2n) is 5.25. The number of nitrogens with zero attached hydrogens (tertiary/aromatic N) is 2. The minimum absolute atomic E-state index is 0.0548. The summed E-state index contributed by atoms with van der Waals surface area (Å²) in [7, 11) is 3.39. The SMILES string of the molecule is CC[C@H](NC(=O)C1CCN(C(=O)N(C)C)CC1)C(=O)O. The summed E-state index contributed by atoms with van der Waals surface area (Å²) in [4.78, 5) is 37.9. The zero-order valence-electron chi connectivity index (χ0n) is 12.3. The number of rotatable bonds is 4. The highest BCUT2D eigenvalue weighted by Gasteiger charge is 2.29. The number of amides is 3. The molecule has 0 radical (unpaired) electrons. The first-order chi connectivity index (χ1) is 9.36. The van der Waals surface area contributed by atoms with Crippen molar-refractivity contribution < 1.29 is 19.5 Å². The fourth-order valence-corrected chi connectivity index (χ4v) is 2.24. The first kappa shape index (κ1) is 16.3. The summed E-state index contributed by atoms with van der Waals surface area (Å²) in [5.74, 6) is -1.45. The fraction of sp³-hybridized carbons (Fsp3) is 0.769. The average Bonchev–Trinajstić information content (AvgIpc) is 2.43. The summed E-state index contributed by atoms with van der Waals surface area (Å²) in [6.45, 7) is 2.77. The minimum Gasteiger partial charge on any atom is -0.480 e. The lowest BCUT2D eigenvalue weighted by Crippen LogP contribution is -2.48. The summed E-state index contributed by atoms with van der Waals surface area (Å²) in [6.07, 6.45) is 1.50. The van der Waals surface area contributed by atoms with Crippen molar-refractivity contribution in [3.63, 3.8) is 0 Å². The van der Waals surface area contributed by atoms with E-state index in [4.69, 9.17) is 5.11 Å². The lowest BCUT2D eigenvalue weighted by atomic mass is 9.95. The normalized spacial score (nSPS) is 17.4. The van der Waals surface area contributed by atoms with Crippen molar-refractivity contribution in [1.82, 2.24) is 15.1 Å². The Morgan fingerprint density at radius 3 is 2.25 bits per heavy atom. The van der Waals surface area contributed by atoms with E-state index in [-0.39, 0.29) is 17.9 Å². The number of hydrogen-bond donors (Lipinski definition) is 2. The van der Waals surface area contributed by atoms with Crippen LogP contribution in [0.3, 0.4) is 0 Å². The molecule has 2 N–H and O–H groups in total. The first-order valence-electron chi connectivity index (χ1n) is 6.86. The Morgan fingerprint density at radius 1 is 1.30 bits per heavy atom. The Labute approximate surface area is 118 Å². The van der Waals surface area contributed by atoms with Crippen LogP contribution in [-0.4, -0.2) is 66.0 Å². The number of urea groups is 1. The molecule has 1 heterocycles. The molecule has 1 aliphatic rings. The van der Waals surface area contributed by atoms with E-state index in [2.05, 4.69) is 5.32 Å². The molecule has 114 valence electrons. The topological polar surface area (TPSA) is 90.0 Å². The summed E-state index contributed by atoms with van der Waals surface area (Å²) in [5, 5.41) is 11.5. The lowest BCUT2D eigenvalue weighted by molar-refractivity contribution is -0.142. The van der Waals surface area contributed by atoms with Crippen LogP contribution in [0.25, 0.3) is 0 Å². The van der Waals surface area contributed by atoms with Crippen molar-refractivity contribution in [1.29, 1.82) is 0 Å². The van der Waals surface area contributed by atoms with Crippen LogP contribution in [0.15, 0.2) is 0 Å². The van der Waals surface area contributed by atoms with Crippen molar-refractivity contribution in [2.45, 2.75) is 32.2 Å². The number of carbonyl (C=O) groups excluding carboxylic acids is 2. The van der Waals surface area contributed by atoms with Gasteiger partial charge >= 0.3 is 12.0 Å². The number of likely N-dealkylation sites (tertiary alicyclic amines) is 1. The van der Waals surface area contributed by atoms with E-state index in [1.165, 1.54) is 4.90 Å². The molecule has 1 aliphatic heterocycles. The lowest BCUT2D eigenvalue weighted by Gasteiger charge is -2.33. The maximum absolute atomic E-state index is 12.0. The van der Waals surface area contributed by atoms with Crippen molar-refractivity contribution in [2.24, 2.45) is 5.92 Å². The van der Waals surface area contributed by atoms with E-state index in [0.29, 0.717) is 32.4 Å². The van der Waals surface area contributed by atoms with Gasteiger partial charge in [-0.05, 0) is 19.3 Å². The molecule has 0 aromatic rings. The van der Waals surface area contributed by atoms with Crippen molar-refractivity contribution >= 4 is 17.9 Å². The van der Waals surface area contributed by atoms with Crippen LogP contribution in [0, 0.1) is 5.92 Å². The van der Waals surface area contributed by atoms with Gasteiger partial charge < -0.3 is 20.2 Å². The highest BCUT2D eigenvalue weighted by atomic mass is 16.4. The van der Waals surface area contributed by atoms with E-state index < -0.39 is 12.0 Å². The largest absolute Gasteiger partial charge is 0.480 e. The molecule has 0 saturated carbocycles. The highest BCUT2D eigenvalue weighted by molar-refractivity contribution is 5.85. The number of carboxylic acid groups (broad SMARTS) is 1. The third-order valence-corrected chi connectivity index (χ3v) is 3.54. The van der Waals surface area contributed by atoms with Crippen LogP contribution in [-0.2, 0) is 9.59 Å². The van der Waals surface area contributed by atoms with Gasteiger partial charge in [0, 0.05) is 33.1 Å². The van der Waals surface area contributed by atoms with Gasteiger partial charge in [0.1, 0.15) is 6.04 Å². The van der Waals surface area contributed by atoms with Gasteiger partial charge in [0.2, 0.25) is 5.91 Å². The molecule has 1 fully saturated rings. The van der Waals surface area contributed by atoms with Gasteiger partial charge in [0.25, 0.3) is 0 Å².